The third-order valence-corrected chi connectivity index (χ3v) is 11.9. The van der Waals surface area contributed by atoms with E-state index in [4.69, 9.17) is 9.47 Å². The number of aromatic nitrogens is 4. The van der Waals surface area contributed by atoms with Crippen LogP contribution in [0, 0.1) is 25.2 Å². The van der Waals surface area contributed by atoms with Gasteiger partial charge in [-0.1, -0.05) is 50.3 Å². The SMILES string of the molecule is CC[C@@H]1CN(Cc2cc([C@@H](c3ccc4c(nnn4CC)c3C)C(C)(C)C(=O)C[C@@H]3CCOC3)ccc2C)S(=O)(=O)c2cccnc2O1. The van der Waals surface area contributed by atoms with E-state index in [-0.39, 0.29) is 47.6 Å². The molecule has 2 aromatic heterocycles. The first-order valence-electron chi connectivity index (χ1n) is 16.6. The van der Waals surface area contributed by atoms with Gasteiger partial charge in [0.05, 0.1) is 12.1 Å². The molecule has 6 rings (SSSR count). The van der Waals surface area contributed by atoms with Crippen molar-refractivity contribution in [2.75, 3.05) is 19.8 Å². The number of benzene rings is 2. The number of ketones is 1. The zero-order valence-corrected chi connectivity index (χ0v) is 29.0. The van der Waals surface area contributed by atoms with Crippen molar-refractivity contribution in [1.29, 1.82) is 0 Å². The molecular formula is C36H45N5O5S. The fourth-order valence-corrected chi connectivity index (χ4v) is 8.58. The van der Waals surface area contributed by atoms with Gasteiger partial charge in [-0.25, -0.2) is 18.1 Å². The molecule has 1 saturated heterocycles. The van der Waals surface area contributed by atoms with Crippen molar-refractivity contribution in [1.82, 2.24) is 24.3 Å². The van der Waals surface area contributed by atoms with Gasteiger partial charge in [0, 0.05) is 50.3 Å². The summed E-state index contributed by atoms with van der Waals surface area (Å²) in [5, 5.41) is 8.89. The molecule has 0 aliphatic carbocycles. The van der Waals surface area contributed by atoms with E-state index in [1.807, 2.05) is 45.4 Å². The maximum Gasteiger partial charge on any atom is 0.248 e. The van der Waals surface area contributed by atoms with E-state index in [2.05, 4.69) is 46.5 Å². The second kappa shape index (κ2) is 13.1. The first kappa shape index (κ1) is 33.2. The van der Waals surface area contributed by atoms with E-state index in [1.54, 1.807) is 18.3 Å². The second-order valence-electron chi connectivity index (χ2n) is 13.5. The van der Waals surface area contributed by atoms with Crippen LogP contribution in [0.4, 0.5) is 0 Å². The average Bonchev–Trinajstić information content (AvgIpc) is 3.71. The Morgan fingerprint density at radius 2 is 1.94 bits per heavy atom. The van der Waals surface area contributed by atoms with Crippen LogP contribution < -0.4 is 4.74 Å². The van der Waals surface area contributed by atoms with Crippen LogP contribution in [-0.4, -0.2) is 64.3 Å². The van der Waals surface area contributed by atoms with Crippen molar-refractivity contribution < 1.29 is 22.7 Å². The summed E-state index contributed by atoms with van der Waals surface area (Å²) < 4.78 is 43.0. The van der Waals surface area contributed by atoms with Crippen molar-refractivity contribution >= 4 is 26.8 Å². The van der Waals surface area contributed by atoms with Gasteiger partial charge in [-0.3, -0.25) is 4.79 Å². The van der Waals surface area contributed by atoms with E-state index in [0.29, 0.717) is 32.6 Å². The van der Waals surface area contributed by atoms with Gasteiger partial charge in [-0.05, 0) is 85.5 Å². The number of carbonyl (C=O) groups excluding carboxylic acids is 1. The predicted molar refractivity (Wildman–Crippen MR) is 180 cm³/mol. The van der Waals surface area contributed by atoms with Crippen LogP contribution in [0.25, 0.3) is 11.0 Å². The van der Waals surface area contributed by atoms with E-state index in [0.717, 1.165) is 45.3 Å². The Morgan fingerprint density at radius 3 is 2.66 bits per heavy atom. The monoisotopic (exact) mass is 659 g/mol. The Hall–Kier alpha value is -3.67. The summed E-state index contributed by atoms with van der Waals surface area (Å²) in [6.07, 6.45) is 3.19. The lowest BCUT2D eigenvalue weighted by Crippen LogP contribution is -2.37. The van der Waals surface area contributed by atoms with Gasteiger partial charge < -0.3 is 9.47 Å². The maximum atomic E-state index is 14.2. The standard InChI is InChI=1S/C36H45N5O5S/c1-7-28-21-40(47(43,44)31-10-9-16-37-35(31)46-28)20-27-19-26(12-11-23(27)3)33(36(5,6)32(42)18-25-15-17-45-22-25)29-13-14-30-34(24(29)4)38-39-41(30)8-2/h9-14,16,19,25,28,33H,7-8,15,17-18,20-22H2,1-6H3/t25-,28+,33-/m0/s1. The number of pyridine rings is 1. The molecule has 4 aromatic rings. The molecule has 0 saturated carbocycles. The van der Waals surface area contributed by atoms with Crippen LogP contribution in [-0.2, 0) is 32.6 Å². The summed E-state index contributed by atoms with van der Waals surface area (Å²) in [5.74, 6) is 0.221. The zero-order chi connectivity index (χ0) is 33.5. The number of ether oxygens (including phenoxy) is 2. The number of Topliss-reactive ketones (excluding diaryl/α,β-unsaturated/α-hetero) is 1. The van der Waals surface area contributed by atoms with Crippen LogP contribution in [0.2, 0.25) is 0 Å². The Kier molecular flexibility index (Phi) is 9.26. The van der Waals surface area contributed by atoms with Crippen LogP contribution in [0.1, 0.15) is 80.7 Å². The number of nitrogens with zero attached hydrogens (tertiary/aromatic N) is 5. The molecule has 1 fully saturated rings. The third-order valence-electron chi connectivity index (χ3n) is 10.1. The van der Waals surface area contributed by atoms with Crippen molar-refractivity contribution in [2.24, 2.45) is 11.3 Å². The highest BCUT2D eigenvalue weighted by Crippen LogP contribution is 2.46. The first-order chi connectivity index (χ1) is 22.4. The number of fused-ring (bicyclic) bond motifs is 2. The lowest BCUT2D eigenvalue weighted by molar-refractivity contribution is -0.128. The van der Waals surface area contributed by atoms with Crippen LogP contribution in [0.3, 0.4) is 0 Å². The van der Waals surface area contributed by atoms with E-state index in [9.17, 15) is 13.2 Å². The normalized spacial score (nSPS) is 20.5. The molecule has 0 spiro atoms. The lowest BCUT2D eigenvalue weighted by atomic mass is 9.66. The molecular weight excluding hydrogens is 614 g/mol. The van der Waals surface area contributed by atoms with Gasteiger partial charge >= 0.3 is 0 Å². The second-order valence-corrected chi connectivity index (χ2v) is 15.4. The van der Waals surface area contributed by atoms with Gasteiger partial charge in [0.1, 0.15) is 22.3 Å². The Morgan fingerprint density at radius 1 is 1.13 bits per heavy atom. The van der Waals surface area contributed by atoms with Crippen molar-refractivity contribution in [3.63, 3.8) is 0 Å². The molecule has 2 aromatic carbocycles. The number of aryl methyl sites for hydroxylation is 3. The minimum absolute atomic E-state index is 0.0781. The highest BCUT2D eigenvalue weighted by molar-refractivity contribution is 7.89. The quantitative estimate of drug-likeness (QED) is 0.204. The van der Waals surface area contributed by atoms with Crippen LogP contribution in [0.5, 0.6) is 5.88 Å². The maximum absolute atomic E-state index is 14.2. The molecule has 0 amide bonds. The van der Waals surface area contributed by atoms with Crippen LogP contribution >= 0.6 is 0 Å². The van der Waals surface area contributed by atoms with Gasteiger partial charge in [0.25, 0.3) is 0 Å². The number of sulfonamides is 1. The molecule has 0 bridgehead atoms. The highest BCUT2D eigenvalue weighted by atomic mass is 32.2. The van der Waals surface area contributed by atoms with Gasteiger partial charge in [0.2, 0.25) is 15.9 Å². The molecule has 250 valence electrons. The molecule has 2 aliphatic heterocycles. The van der Waals surface area contributed by atoms with Crippen molar-refractivity contribution in [2.45, 2.75) is 90.8 Å². The Bertz CT molecular complexity index is 1900. The summed E-state index contributed by atoms with van der Waals surface area (Å²) in [5.41, 5.74) is 5.79. The summed E-state index contributed by atoms with van der Waals surface area (Å²) in [6.45, 7) is 14.5. The largest absolute Gasteiger partial charge is 0.472 e. The lowest BCUT2D eigenvalue weighted by Gasteiger charge is -2.36. The Labute approximate surface area is 277 Å². The molecule has 2 aliphatic rings. The van der Waals surface area contributed by atoms with Gasteiger partial charge in [0.15, 0.2) is 0 Å². The summed E-state index contributed by atoms with van der Waals surface area (Å²) in [6, 6.07) is 13.5. The van der Waals surface area contributed by atoms with E-state index >= 15 is 0 Å². The summed E-state index contributed by atoms with van der Waals surface area (Å²) in [7, 11) is -3.89. The minimum Gasteiger partial charge on any atom is -0.472 e. The van der Waals surface area contributed by atoms with Crippen LogP contribution in [0.15, 0.2) is 53.6 Å². The fraction of sp³-hybridized carbons (Fsp3) is 0.500. The van der Waals surface area contributed by atoms with Gasteiger partial charge in [-0.2, -0.15) is 4.31 Å². The minimum atomic E-state index is -3.89. The highest BCUT2D eigenvalue weighted by Gasteiger charge is 2.41. The smallest absolute Gasteiger partial charge is 0.248 e. The zero-order valence-electron chi connectivity index (χ0n) is 28.2. The summed E-state index contributed by atoms with van der Waals surface area (Å²) >= 11 is 0. The number of hydrogen-bond acceptors (Lipinski definition) is 8. The topological polar surface area (TPSA) is 117 Å². The molecule has 4 heterocycles. The summed E-state index contributed by atoms with van der Waals surface area (Å²) in [4.78, 5) is 18.5. The molecule has 0 N–H and O–H groups in total. The number of carbonyl (C=O) groups is 1. The van der Waals surface area contributed by atoms with Crippen molar-refractivity contribution in [3.8, 4) is 5.88 Å². The van der Waals surface area contributed by atoms with Gasteiger partial charge in [-0.15, -0.1) is 5.10 Å². The molecule has 11 heteroatoms. The molecule has 3 atom stereocenters. The fourth-order valence-electron chi connectivity index (χ4n) is 7.06. The molecule has 0 radical (unpaired) electrons. The number of rotatable bonds is 10. The van der Waals surface area contributed by atoms with E-state index < -0.39 is 15.4 Å². The average molecular weight is 660 g/mol. The predicted octanol–water partition coefficient (Wildman–Crippen LogP) is 5.98. The molecule has 47 heavy (non-hydrogen) atoms. The molecule has 0 unspecified atom stereocenters. The molecule has 10 nitrogen and oxygen atoms in total. The number of hydrogen-bond donors (Lipinski definition) is 0. The Balaban J connectivity index is 1.44. The van der Waals surface area contributed by atoms with E-state index in [1.165, 1.54) is 4.31 Å². The third kappa shape index (κ3) is 6.21. The first-order valence-corrected chi connectivity index (χ1v) is 18.0. The van der Waals surface area contributed by atoms with Crippen molar-refractivity contribution in [3.05, 3.63) is 76.5 Å².